The van der Waals surface area contributed by atoms with E-state index in [4.69, 9.17) is 0 Å². The molecule has 1 N–H and O–H groups in total. The van der Waals surface area contributed by atoms with Gasteiger partial charge in [0, 0.05) is 24.7 Å². The molecule has 1 aliphatic rings. The molecule has 144 valence electrons. The third kappa shape index (κ3) is 5.35. The molecule has 1 aromatic rings. The van der Waals surface area contributed by atoms with Gasteiger partial charge in [-0.25, -0.2) is 18.1 Å². The van der Waals surface area contributed by atoms with Crippen molar-refractivity contribution in [2.45, 2.75) is 31.5 Å². The number of hydrogen-bond donors (Lipinski definition) is 1. The van der Waals surface area contributed by atoms with Crippen LogP contribution in [0.2, 0.25) is 0 Å². The molecule has 1 aliphatic heterocycles. The first kappa shape index (κ1) is 20.0. The average molecular weight is 392 g/mol. The molecular weight excluding hydrogens is 373 g/mol. The maximum absolute atomic E-state index is 12.5. The largest absolute Gasteiger partial charge is 0.573 e. The molecule has 0 bridgehead atoms. The van der Waals surface area contributed by atoms with Crippen molar-refractivity contribution in [2.24, 2.45) is 16.0 Å². The quantitative estimate of drug-likeness (QED) is 0.617. The Morgan fingerprint density at radius 2 is 2.15 bits per heavy atom. The van der Waals surface area contributed by atoms with Crippen molar-refractivity contribution in [2.75, 3.05) is 13.1 Å². The minimum atomic E-state index is -4.91. The first-order valence-electron chi connectivity index (χ1n) is 7.89. The lowest BCUT2D eigenvalue weighted by atomic mass is 10.1. The Bertz CT molecular complexity index is 794. The summed E-state index contributed by atoms with van der Waals surface area (Å²) in [6.45, 7) is 4.48. The minimum Gasteiger partial charge on any atom is -0.406 e. The number of rotatable bonds is 5. The van der Waals surface area contributed by atoms with Gasteiger partial charge in [0.05, 0.1) is 11.4 Å². The van der Waals surface area contributed by atoms with Crippen LogP contribution in [0.3, 0.4) is 0 Å². The lowest BCUT2D eigenvalue weighted by Crippen LogP contribution is -2.41. The average Bonchev–Trinajstić information content (AvgIpc) is 3.02. The van der Waals surface area contributed by atoms with Crippen LogP contribution >= 0.6 is 0 Å². The van der Waals surface area contributed by atoms with E-state index in [0.717, 1.165) is 30.7 Å². The van der Waals surface area contributed by atoms with Crippen molar-refractivity contribution in [3.63, 3.8) is 0 Å². The monoisotopic (exact) mass is 392 g/mol. The second-order valence-corrected chi connectivity index (χ2v) is 7.12. The van der Waals surface area contributed by atoms with Crippen LogP contribution in [0.4, 0.5) is 13.2 Å². The highest BCUT2D eigenvalue weighted by Crippen LogP contribution is 2.25. The van der Waals surface area contributed by atoms with Gasteiger partial charge in [-0.05, 0) is 25.5 Å². The second-order valence-electron chi connectivity index (χ2n) is 5.44. The summed E-state index contributed by atoms with van der Waals surface area (Å²) in [5, 5.41) is 5.55. The molecular formula is C15H19F3N4O3S. The van der Waals surface area contributed by atoms with Crippen LogP contribution in [0.5, 0.6) is 5.75 Å². The Balaban J connectivity index is 2.22. The number of hydrazone groups is 1. The number of halogens is 3. The fourth-order valence-electron chi connectivity index (χ4n) is 2.20. The van der Waals surface area contributed by atoms with E-state index in [2.05, 4.69) is 19.6 Å². The fraction of sp³-hybridized carbons (Fsp3) is 0.467. The van der Waals surface area contributed by atoms with Gasteiger partial charge in [0.15, 0.2) is 0 Å². The van der Waals surface area contributed by atoms with E-state index in [-0.39, 0.29) is 16.8 Å². The van der Waals surface area contributed by atoms with Gasteiger partial charge in [0.2, 0.25) is 5.96 Å². The first-order chi connectivity index (χ1) is 12.1. The van der Waals surface area contributed by atoms with Crippen molar-refractivity contribution in [3.8, 4) is 5.75 Å². The molecule has 0 fully saturated rings. The topological polar surface area (TPSA) is 83.4 Å². The first-order valence-corrected chi connectivity index (χ1v) is 9.37. The molecule has 0 saturated carbocycles. The molecule has 1 atom stereocenters. The zero-order valence-corrected chi connectivity index (χ0v) is 15.0. The smallest absolute Gasteiger partial charge is 0.406 e. The number of aliphatic imine (C=N–C) groups is 1. The van der Waals surface area contributed by atoms with Crippen molar-refractivity contribution < 1.29 is 26.3 Å². The molecule has 11 heteroatoms. The third-order valence-electron chi connectivity index (χ3n) is 3.48. The summed E-state index contributed by atoms with van der Waals surface area (Å²) in [4.78, 5) is 3.72. The highest BCUT2D eigenvalue weighted by molar-refractivity contribution is 7.90. The van der Waals surface area contributed by atoms with Crippen LogP contribution in [0.1, 0.15) is 20.3 Å². The van der Waals surface area contributed by atoms with E-state index in [1.165, 1.54) is 5.01 Å². The summed E-state index contributed by atoms with van der Waals surface area (Å²) in [5.41, 5.74) is 0. The molecule has 0 radical (unpaired) electrons. The second kappa shape index (κ2) is 7.94. The van der Waals surface area contributed by atoms with Crippen LogP contribution in [0.15, 0.2) is 39.3 Å². The van der Waals surface area contributed by atoms with E-state index in [1.54, 1.807) is 13.1 Å². The summed E-state index contributed by atoms with van der Waals surface area (Å²) in [5.74, 6) is -0.438. The fourth-order valence-corrected chi connectivity index (χ4v) is 3.26. The number of ether oxygens (including phenoxy) is 1. The number of benzene rings is 1. The van der Waals surface area contributed by atoms with Gasteiger partial charge < -0.3 is 4.74 Å². The number of nitrogens with one attached hydrogen (secondary N) is 1. The summed E-state index contributed by atoms with van der Waals surface area (Å²) in [6.07, 6.45) is -2.37. The van der Waals surface area contributed by atoms with E-state index in [1.807, 2.05) is 6.92 Å². The Morgan fingerprint density at radius 3 is 2.73 bits per heavy atom. The van der Waals surface area contributed by atoms with Crippen LogP contribution < -0.4 is 9.46 Å². The molecule has 0 saturated heterocycles. The Morgan fingerprint density at radius 1 is 1.42 bits per heavy atom. The SMILES string of the molecule is CCN=C(NS(=O)(=O)c1cccc(OC(F)(F)F)c1)N1CC(CC)C=N1. The van der Waals surface area contributed by atoms with Gasteiger partial charge in [0.25, 0.3) is 10.0 Å². The van der Waals surface area contributed by atoms with Crippen LogP contribution in [0, 0.1) is 5.92 Å². The van der Waals surface area contributed by atoms with Gasteiger partial charge in [-0.1, -0.05) is 13.0 Å². The normalized spacial score (nSPS) is 18.3. The maximum Gasteiger partial charge on any atom is 0.573 e. The number of sulfonamides is 1. The predicted molar refractivity (Wildman–Crippen MR) is 90.4 cm³/mol. The van der Waals surface area contributed by atoms with Gasteiger partial charge in [-0.3, -0.25) is 4.99 Å². The molecule has 0 amide bonds. The van der Waals surface area contributed by atoms with Crippen molar-refractivity contribution in [1.82, 2.24) is 9.73 Å². The van der Waals surface area contributed by atoms with Crippen molar-refractivity contribution >= 4 is 22.2 Å². The van der Waals surface area contributed by atoms with Crippen LogP contribution in [-0.2, 0) is 10.0 Å². The van der Waals surface area contributed by atoms with E-state index < -0.39 is 22.1 Å². The molecule has 1 aromatic carbocycles. The lowest BCUT2D eigenvalue weighted by Gasteiger charge is -2.19. The summed E-state index contributed by atoms with van der Waals surface area (Å²) in [6, 6.07) is 4.14. The van der Waals surface area contributed by atoms with Crippen molar-refractivity contribution in [1.29, 1.82) is 0 Å². The zero-order valence-electron chi connectivity index (χ0n) is 14.2. The number of alkyl halides is 3. The maximum atomic E-state index is 12.5. The van der Waals surface area contributed by atoms with Crippen molar-refractivity contribution in [3.05, 3.63) is 24.3 Å². The van der Waals surface area contributed by atoms with E-state index >= 15 is 0 Å². The van der Waals surface area contributed by atoms with E-state index in [9.17, 15) is 21.6 Å². The molecule has 2 rings (SSSR count). The Hall–Kier alpha value is -2.30. The Kier molecular flexibility index (Phi) is 6.11. The van der Waals surface area contributed by atoms with Gasteiger partial charge in [-0.2, -0.15) is 5.10 Å². The van der Waals surface area contributed by atoms with Crippen LogP contribution in [0.25, 0.3) is 0 Å². The molecule has 1 unspecified atom stereocenters. The zero-order chi connectivity index (χ0) is 19.4. The van der Waals surface area contributed by atoms with E-state index in [0.29, 0.717) is 13.1 Å². The molecule has 0 aromatic heterocycles. The number of nitrogens with zero attached hydrogens (tertiary/aromatic N) is 3. The highest BCUT2D eigenvalue weighted by atomic mass is 32.2. The predicted octanol–water partition coefficient (Wildman–Crippen LogP) is 2.57. The molecule has 1 heterocycles. The van der Waals surface area contributed by atoms with Gasteiger partial charge in [-0.15, -0.1) is 13.2 Å². The molecule has 0 spiro atoms. The number of guanidine groups is 1. The standard InChI is InChI=1S/C15H19F3N4O3S/c1-3-11-9-20-22(10-11)14(19-4-2)21-26(23,24)13-7-5-6-12(8-13)25-15(16,17)18/h5-9,11H,3-4,10H2,1-2H3,(H,19,21). The highest BCUT2D eigenvalue weighted by Gasteiger charge is 2.32. The van der Waals surface area contributed by atoms with Gasteiger partial charge >= 0.3 is 6.36 Å². The molecule has 7 nitrogen and oxygen atoms in total. The number of hydrogen-bond acceptors (Lipinski definition) is 5. The van der Waals surface area contributed by atoms with Gasteiger partial charge in [0.1, 0.15) is 5.75 Å². The molecule has 0 aliphatic carbocycles. The third-order valence-corrected chi connectivity index (χ3v) is 4.80. The molecule has 26 heavy (non-hydrogen) atoms. The minimum absolute atomic E-state index is 0.0156. The summed E-state index contributed by atoms with van der Waals surface area (Å²) in [7, 11) is -4.17. The lowest BCUT2D eigenvalue weighted by molar-refractivity contribution is -0.274. The Labute approximate surface area is 149 Å². The van der Waals surface area contributed by atoms with Crippen LogP contribution in [-0.4, -0.2) is 45.1 Å². The summed E-state index contributed by atoms with van der Waals surface area (Å²) >= 11 is 0. The summed E-state index contributed by atoms with van der Waals surface area (Å²) < 4.78 is 68.1.